The van der Waals surface area contributed by atoms with Crippen molar-refractivity contribution in [3.63, 3.8) is 0 Å². The average molecular weight is 427 g/mol. The van der Waals surface area contributed by atoms with Crippen LogP contribution in [0.3, 0.4) is 0 Å². The van der Waals surface area contributed by atoms with E-state index in [0.29, 0.717) is 38.8 Å². The third-order valence-electron chi connectivity index (χ3n) is 6.35. The molecule has 2 amide bonds. The lowest BCUT2D eigenvalue weighted by molar-refractivity contribution is -0.140. The van der Waals surface area contributed by atoms with Gasteiger partial charge in [0.15, 0.2) is 5.96 Å². The highest BCUT2D eigenvalue weighted by molar-refractivity contribution is 6.06. The summed E-state index contributed by atoms with van der Waals surface area (Å²) in [5, 5.41) is 6.44. The predicted octanol–water partition coefficient (Wildman–Crippen LogP) is 1.18. The molecule has 1 aromatic carbocycles. The minimum Gasteiger partial charge on any atom is -0.491 e. The number of hydrogen-bond acceptors (Lipinski definition) is 5. The number of rotatable bonds is 9. The van der Waals surface area contributed by atoms with E-state index in [2.05, 4.69) is 27.8 Å². The summed E-state index contributed by atoms with van der Waals surface area (Å²) in [5.74, 6) is 1.63. The number of carbonyl (C=O) groups is 2. The maximum Gasteiger partial charge on any atom is 0.233 e. The van der Waals surface area contributed by atoms with E-state index in [-0.39, 0.29) is 35.5 Å². The van der Waals surface area contributed by atoms with Crippen LogP contribution in [0.25, 0.3) is 0 Å². The molecular weight excluding hydrogens is 396 g/mol. The number of benzene rings is 1. The lowest BCUT2D eigenvalue weighted by Crippen LogP contribution is -2.43. The summed E-state index contributed by atoms with van der Waals surface area (Å²) < 4.78 is 10.5. The number of nitrogens with one attached hydrogen (secondary N) is 2. The van der Waals surface area contributed by atoms with E-state index in [1.165, 1.54) is 4.90 Å². The highest BCUT2D eigenvalue weighted by Gasteiger charge is 2.58. The van der Waals surface area contributed by atoms with Gasteiger partial charge >= 0.3 is 0 Å². The number of nitrogens with zero attached hydrogens (tertiary/aromatic N) is 2. The summed E-state index contributed by atoms with van der Waals surface area (Å²) in [5.41, 5.74) is 1.09. The Labute approximate surface area is 182 Å². The van der Waals surface area contributed by atoms with Crippen LogP contribution in [0.5, 0.6) is 5.75 Å². The molecule has 166 valence electrons. The molecule has 4 rings (SSSR count). The Kier molecular flexibility index (Phi) is 6.56. The largest absolute Gasteiger partial charge is 0.491 e. The SMILES string of the molecule is CN=C(NCCN1C(=O)C2C3C=CC(C3)C2C1=O)NCc1ccc(OCCOC)cc1. The lowest BCUT2D eigenvalue weighted by atomic mass is 9.85. The summed E-state index contributed by atoms with van der Waals surface area (Å²) in [6.45, 7) is 2.49. The molecule has 2 bridgehead atoms. The van der Waals surface area contributed by atoms with Crippen molar-refractivity contribution >= 4 is 17.8 Å². The smallest absolute Gasteiger partial charge is 0.233 e. The first-order valence-electron chi connectivity index (χ1n) is 10.8. The topological polar surface area (TPSA) is 92.3 Å². The number of hydrogen-bond donors (Lipinski definition) is 2. The fourth-order valence-electron chi connectivity index (χ4n) is 4.82. The van der Waals surface area contributed by atoms with Gasteiger partial charge < -0.3 is 20.1 Å². The zero-order valence-corrected chi connectivity index (χ0v) is 18.0. The van der Waals surface area contributed by atoms with Crippen molar-refractivity contribution in [1.82, 2.24) is 15.5 Å². The lowest BCUT2D eigenvalue weighted by Gasteiger charge is -2.18. The van der Waals surface area contributed by atoms with Crippen molar-refractivity contribution in [2.75, 3.05) is 40.5 Å². The van der Waals surface area contributed by atoms with Crippen molar-refractivity contribution in [3.8, 4) is 5.75 Å². The molecule has 8 nitrogen and oxygen atoms in total. The van der Waals surface area contributed by atoms with E-state index < -0.39 is 0 Å². The highest BCUT2D eigenvalue weighted by atomic mass is 16.5. The van der Waals surface area contributed by atoms with Gasteiger partial charge in [-0.15, -0.1) is 0 Å². The number of aliphatic imine (C=N–C) groups is 1. The van der Waals surface area contributed by atoms with E-state index >= 15 is 0 Å². The Morgan fingerprint density at radius 2 is 1.74 bits per heavy atom. The summed E-state index contributed by atoms with van der Waals surface area (Å²) in [4.78, 5) is 31.1. The van der Waals surface area contributed by atoms with Crippen LogP contribution < -0.4 is 15.4 Å². The fourth-order valence-corrected chi connectivity index (χ4v) is 4.82. The molecule has 3 aliphatic rings. The van der Waals surface area contributed by atoms with Gasteiger partial charge in [-0.05, 0) is 36.0 Å². The predicted molar refractivity (Wildman–Crippen MR) is 116 cm³/mol. The van der Waals surface area contributed by atoms with Gasteiger partial charge in [-0.3, -0.25) is 19.5 Å². The van der Waals surface area contributed by atoms with Gasteiger partial charge in [-0.2, -0.15) is 0 Å². The van der Waals surface area contributed by atoms with E-state index in [4.69, 9.17) is 9.47 Å². The second-order valence-electron chi connectivity index (χ2n) is 8.17. The Morgan fingerprint density at radius 1 is 1.06 bits per heavy atom. The number of amides is 2. The Morgan fingerprint density at radius 3 is 2.35 bits per heavy atom. The summed E-state index contributed by atoms with van der Waals surface area (Å²) in [6, 6.07) is 7.83. The Hall–Kier alpha value is -2.87. The molecule has 0 aromatic heterocycles. The number of guanidine groups is 1. The highest BCUT2D eigenvalue weighted by Crippen LogP contribution is 2.52. The van der Waals surface area contributed by atoms with Crippen LogP contribution in [0, 0.1) is 23.7 Å². The summed E-state index contributed by atoms with van der Waals surface area (Å²) in [7, 11) is 3.34. The van der Waals surface area contributed by atoms with Crippen LogP contribution in [-0.4, -0.2) is 63.1 Å². The summed E-state index contributed by atoms with van der Waals surface area (Å²) >= 11 is 0. The van der Waals surface area contributed by atoms with E-state index in [1.807, 2.05) is 24.3 Å². The third-order valence-corrected chi connectivity index (χ3v) is 6.35. The molecule has 1 aliphatic heterocycles. The van der Waals surface area contributed by atoms with Crippen molar-refractivity contribution in [2.45, 2.75) is 13.0 Å². The fraction of sp³-hybridized carbons (Fsp3) is 0.522. The van der Waals surface area contributed by atoms with Crippen LogP contribution in [0.2, 0.25) is 0 Å². The number of imide groups is 1. The van der Waals surface area contributed by atoms with Gasteiger partial charge in [0.1, 0.15) is 12.4 Å². The van der Waals surface area contributed by atoms with Crippen LogP contribution in [0.1, 0.15) is 12.0 Å². The molecule has 0 radical (unpaired) electrons. The van der Waals surface area contributed by atoms with Gasteiger partial charge in [-0.1, -0.05) is 24.3 Å². The Balaban J connectivity index is 1.21. The summed E-state index contributed by atoms with van der Waals surface area (Å²) in [6.07, 6.45) is 5.18. The minimum absolute atomic E-state index is 0.00981. The first kappa shape index (κ1) is 21.4. The molecule has 1 aromatic rings. The quantitative estimate of drug-likeness (QED) is 0.203. The molecule has 1 saturated carbocycles. The molecule has 8 heteroatoms. The maximum atomic E-state index is 12.7. The van der Waals surface area contributed by atoms with Gasteiger partial charge in [-0.25, -0.2) is 0 Å². The van der Waals surface area contributed by atoms with E-state index in [1.54, 1.807) is 14.2 Å². The molecule has 2 aliphatic carbocycles. The number of likely N-dealkylation sites (tertiary alicyclic amines) is 1. The van der Waals surface area contributed by atoms with Gasteiger partial charge in [0.2, 0.25) is 11.8 Å². The molecule has 31 heavy (non-hydrogen) atoms. The van der Waals surface area contributed by atoms with Crippen LogP contribution in [0.4, 0.5) is 0 Å². The normalized spacial score (nSPS) is 26.5. The van der Waals surface area contributed by atoms with Gasteiger partial charge in [0.25, 0.3) is 0 Å². The zero-order valence-electron chi connectivity index (χ0n) is 18.0. The number of carbonyl (C=O) groups excluding carboxylic acids is 2. The number of allylic oxidation sites excluding steroid dienone is 2. The third kappa shape index (κ3) is 4.44. The molecular formula is C23H30N4O4. The van der Waals surface area contributed by atoms with Crippen molar-refractivity contribution < 1.29 is 19.1 Å². The standard InChI is InChI=1S/C23H30N4O4/c1-24-23(26-14-15-3-7-18(8-4-15)31-12-11-30-2)25-9-10-27-21(28)19-16-5-6-17(13-16)20(19)22(27)29/h3-8,16-17,19-20H,9-14H2,1-2H3,(H2,24,25,26). The van der Waals surface area contributed by atoms with Crippen molar-refractivity contribution in [2.24, 2.45) is 28.7 Å². The van der Waals surface area contributed by atoms with Crippen LogP contribution in [-0.2, 0) is 20.9 Å². The molecule has 4 atom stereocenters. The molecule has 0 spiro atoms. The number of fused-ring (bicyclic) bond motifs is 5. The molecule has 2 fully saturated rings. The van der Waals surface area contributed by atoms with Crippen LogP contribution >= 0.6 is 0 Å². The molecule has 4 unspecified atom stereocenters. The maximum absolute atomic E-state index is 12.7. The molecule has 2 N–H and O–H groups in total. The van der Waals surface area contributed by atoms with Crippen LogP contribution in [0.15, 0.2) is 41.4 Å². The second kappa shape index (κ2) is 9.51. The second-order valence-corrected chi connectivity index (χ2v) is 8.17. The number of ether oxygens (including phenoxy) is 2. The van der Waals surface area contributed by atoms with Gasteiger partial charge in [0.05, 0.1) is 18.4 Å². The van der Waals surface area contributed by atoms with E-state index in [0.717, 1.165) is 17.7 Å². The van der Waals surface area contributed by atoms with Crippen molar-refractivity contribution in [3.05, 3.63) is 42.0 Å². The van der Waals surface area contributed by atoms with Gasteiger partial charge in [0, 0.05) is 33.8 Å². The zero-order chi connectivity index (χ0) is 21.8. The Bertz CT molecular complexity index is 837. The average Bonchev–Trinajstić information content (AvgIpc) is 3.47. The molecule has 1 heterocycles. The molecule has 1 saturated heterocycles. The first-order valence-corrected chi connectivity index (χ1v) is 10.8. The minimum atomic E-state index is -0.138. The number of methoxy groups -OCH3 is 1. The van der Waals surface area contributed by atoms with Crippen molar-refractivity contribution in [1.29, 1.82) is 0 Å². The van der Waals surface area contributed by atoms with E-state index in [9.17, 15) is 9.59 Å². The first-order chi connectivity index (χ1) is 15.1. The monoisotopic (exact) mass is 426 g/mol.